The van der Waals surface area contributed by atoms with E-state index in [1.807, 2.05) is 52.2 Å². The number of nitrogens with two attached hydrogens (primary N) is 4. The molecule has 2 saturated carbocycles. The molecule has 12 N–H and O–H groups in total. The van der Waals surface area contributed by atoms with E-state index in [1.165, 1.54) is 0 Å². The minimum absolute atomic E-state index is 0.00797. The van der Waals surface area contributed by atoms with Gasteiger partial charge in [-0.1, -0.05) is 0 Å². The van der Waals surface area contributed by atoms with Crippen molar-refractivity contribution in [2.24, 2.45) is 22.9 Å². The van der Waals surface area contributed by atoms with Gasteiger partial charge in [0.2, 0.25) is 0 Å². The fourth-order valence-corrected chi connectivity index (χ4v) is 5.05. The zero-order valence-corrected chi connectivity index (χ0v) is 29.6. The molecule has 0 radical (unpaired) electrons. The minimum Gasteiger partial charge on any atom is -0.365 e. The van der Waals surface area contributed by atoms with Gasteiger partial charge in [-0.25, -0.2) is 18.7 Å². The first-order valence-corrected chi connectivity index (χ1v) is 17.2. The number of pyridine rings is 4. The van der Waals surface area contributed by atoms with E-state index >= 15 is 0 Å². The Balaban J connectivity index is 0.000000201. The summed E-state index contributed by atoms with van der Waals surface area (Å²) in [5, 5.41) is 11.9. The summed E-state index contributed by atoms with van der Waals surface area (Å²) in [6, 6.07) is 5.24. The summed E-state index contributed by atoms with van der Waals surface area (Å²) in [4.78, 5) is 40.3. The van der Waals surface area contributed by atoms with Crippen molar-refractivity contribution in [3.05, 3.63) is 82.9 Å². The molecule has 0 unspecified atom stereocenters. The van der Waals surface area contributed by atoms with Gasteiger partial charge in [0, 0.05) is 36.6 Å². The lowest BCUT2D eigenvalue weighted by Gasteiger charge is -2.20. The van der Waals surface area contributed by atoms with Crippen LogP contribution in [-0.4, -0.2) is 55.9 Å². The smallest absolute Gasteiger partial charge is 0.252 e. The van der Waals surface area contributed by atoms with Crippen LogP contribution in [0, 0.1) is 11.6 Å². The molecular weight excluding hydrogens is 670 g/mol. The van der Waals surface area contributed by atoms with Gasteiger partial charge in [0.15, 0.2) is 23.3 Å². The Morgan fingerprint density at radius 1 is 0.635 bits per heavy atom. The lowest BCUT2D eigenvalue weighted by Crippen LogP contribution is -2.35. The Kier molecular flexibility index (Phi) is 11.8. The molecule has 16 heteroatoms. The van der Waals surface area contributed by atoms with Crippen LogP contribution in [0.2, 0.25) is 0 Å². The zero-order valence-electron chi connectivity index (χ0n) is 29.6. The molecule has 2 aliphatic rings. The van der Waals surface area contributed by atoms with E-state index < -0.39 is 23.4 Å². The van der Waals surface area contributed by atoms with E-state index in [2.05, 4.69) is 41.2 Å². The highest BCUT2D eigenvalue weighted by molar-refractivity contribution is 5.99. The first kappa shape index (κ1) is 37.8. The number of amides is 2. The van der Waals surface area contributed by atoms with Crippen molar-refractivity contribution in [2.75, 3.05) is 21.3 Å². The van der Waals surface area contributed by atoms with Crippen molar-refractivity contribution in [3.63, 3.8) is 0 Å². The lowest BCUT2D eigenvalue weighted by atomic mass is 10.1. The Labute approximate surface area is 301 Å². The van der Waals surface area contributed by atoms with Gasteiger partial charge in [-0.15, -0.1) is 0 Å². The van der Waals surface area contributed by atoms with Crippen LogP contribution in [0.4, 0.5) is 43.4 Å². The lowest BCUT2D eigenvalue weighted by molar-refractivity contribution is 0.0992. The predicted molar refractivity (Wildman–Crippen MR) is 198 cm³/mol. The molecule has 276 valence electrons. The third-order valence-corrected chi connectivity index (χ3v) is 8.93. The summed E-state index contributed by atoms with van der Waals surface area (Å²) >= 11 is 0. The molecule has 0 spiro atoms. The highest BCUT2D eigenvalue weighted by Crippen LogP contribution is 2.41. The average Bonchev–Trinajstić information content (AvgIpc) is 4.01. The van der Waals surface area contributed by atoms with Crippen molar-refractivity contribution in [3.8, 4) is 0 Å². The summed E-state index contributed by atoms with van der Waals surface area (Å²) in [5.41, 5.74) is 25.9. The molecule has 2 amide bonds. The standard InChI is InChI=1S/2C18H23FN6O/c2*1-9(20)10(2)23-18-15(19)6-14(16(21)26)17(25-18)24-13-5-12(7-22-8-13)11-3-4-11/h2*5-11H,3-4,20H2,1-2H3,(H2,21,26)(H2,23,24,25)/t2*9-,10+/m10/s1. The van der Waals surface area contributed by atoms with Crippen LogP contribution < -0.4 is 44.2 Å². The Bertz CT molecular complexity index is 1780. The van der Waals surface area contributed by atoms with Crippen LogP contribution in [0.1, 0.15) is 97.1 Å². The van der Waals surface area contributed by atoms with Crippen LogP contribution in [0.5, 0.6) is 0 Å². The van der Waals surface area contributed by atoms with Crippen LogP contribution in [0.3, 0.4) is 0 Å². The van der Waals surface area contributed by atoms with Crippen molar-refractivity contribution < 1.29 is 18.4 Å². The van der Waals surface area contributed by atoms with E-state index in [1.54, 1.807) is 12.4 Å². The molecule has 4 aromatic heterocycles. The number of carbonyl (C=O) groups is 2. The first-order valence-electron chi connectivity index (χ1n) is 17.2. The summed E-state index contributed by atoms with van der Waals surface area (Å²) in [5.74, 6) is -1.43. The second-order valence-corrected chi connectivity index (χ2v) is 13.6. The molecule has 14 nitrogen and oxygen atoms in total. The number of hydrogen-bond acceptors (Lipinski definition) is 12. The average molecular weight is 717 g/mol. The Hall–Kier alpha value is -5.48. The molecule has 0 bridgehead atoms. The second-order valence-electron chi connectivity index (χ2n) is 13.6. The van der Waals surface area contributed by atoms with E-state index in [9.17, 15) is 18.4 Å². The van der Waals surface area contributed by atoms with E-state index in [4.69, 9.17) is 22.9 Å². The molecule has 4 atom stereocenters. The van der Waals surface area contributed by atoms with Gasteiger partial charge in [-0.05, 0) is 101 Å². The molecule has 6 rings (SSSR count). The maximum Gasteiger partial charge on any atom is 0.252 e. The van der Waals surface area contributed by atoms with Crippen molar-refractivity contribution in [1.82, 2.24) is 19.9 Å². The third-order valence-electron chi connectivity index (χ3n) is 8.93. The van der Waals surface area contributed by atoms with Gasteiger partial charge < -0.3 is 44.2 Å². The van der Waals surface area contributed by atoms with Gasteiger partial charge in [0.05, 0.1) is 34.9 Å². The number of halogens is 2. The van der Waals surface area contributed by atoms with Gasteiger partial charge in [-0.3, -0.25) is 19.6 Å². The highest BCUT2D eigenvalue weighted by Gasteiger charge is 2.26. The number of primary amides is 2. The molecule has 0 aromatic carbocycles. The van der Waals surface area contributed by atoms with Gasteiger partial charge in [0.25, 0.3) is 11.8 Å². The molecule has 2 aliphatic carbocycles. The molecule has 2 fully saturated rings. The van der Waals surface area contributed by atoms with Crippen LogP contribution in [0.25, 0.3) is 0 Å². The molecule has 0 saturated heterocycles. The third kappa shape index (κ3) is 9.85. The summed E-state index contributed by atoms with van der Waals surface area (Å²) in [6.45, 7) is 7.26. The minimum atomic E-state index is -0.767. The topological polar surface area (TPSA) is 238 Å². The number of anilines is 6. The molecule has 0 aliphatic heterocycles. The molecular formula is C36H46F2N12O2. The highest BCUT2D eigenvalue weighted by atomic mass is 19.1. The normalized spacial score (nSPS) is 16.0. The molecule has 52 heavy (non-hydrogen) atoms. The van der Waals surface area contributed by atoms with Crippen molar-refractivity contribution >= 4 is 46.5 Å². The van der Waals surface area contributed by atoms with Crippen LogP contribution in [-0.2, 0) is 0 Å². The fraction of sp³-hybridized carbons (Fsp3) is 0.389. The molecule has 4 aromatic rings. The summed E-state index contributed by atoms with van der Waals surface area (Å²) in [6.07, 6.45) is 11.5. The quantitative estimate of drug-likeness (QED) is 0.0864. The number of hydrogen-bond donors (Lipinski definition) is 8. The largest absolute Gasteiger partial charge is 0.365 e. The summed E-state index contributed by atoms with van der Waals surface area (Å²) in [7, 11) is 0. The van der Waals surface area contributed by atoms with Crippen LogP contribution in [0.15, 0.2) is 49.1 Å². The van der Waals surface area contributed by atoms with Gasteiger partial charge in [-0.2, -0.15) is 0 Å². The number of carbonyl (C=O) groups excluding carboxylic acids is 2. The Morgan fingerprint density at radius 2 is 1.00 bits per heavy atom. The maximum atomic E-state index is 14.3. The number of aromatic nitrogens is 4. The second kappa shape index (κ2) is 16.2. The van der Waals surface area contributed by atoms with Crippen LogP contribution >= 0.6 is 0 Å². The van der Waals surface area contributed by atoms with Crippen molar-refractivity contribution in [1.29, 1.82) is 0 Å². The number of nitrogens with one attached hydrogen (secondary N) is 4. The molecule has 4 heterocycles. The number of rotatable bonds is 14. The predicted octanol–water partition coefficient (Wildman–Crippen LogP) is 4.97. The van der Waals surface area contributed by atoms with E-state index in [0.29, 0.717) is 23.2 Å². The number of nitrogens with zero attached hydrogens (tertiary/aromatic N) is 4. The SMILES string of the molecule is C[C@H](N)[C@@H](C)Nc1nc(Nc2cncc(C3CC3)c2)c(C(N)=O)cc1F.C[C@H](Nc1nc(Nc2cncc(C3CC3)c2)c(C(N)=O)cc1F)[C@@H](C)N. The zero-order chi connectivity index (χ0) is 37.7. The summed E-state index contributed by atoms with van der Waals surface area (Å²) < 4.78 is 28.6. The van der Waals surface area contributed by atoms with Gasteiger partial charge in [0.1, 0.15) is 11.6 Å². The first-order chi connectivity index (χ1) is 24.7. The van der Waals surface area contributed by atoms with E-state index in [0.717, 1.165) is 48.9 Å². The maximum absolute atomic E-state index is 14.3. The Morgan fingerprint density at radius 3 is 1.31 bits per heavy atom. The van der Waals surface area contributed by atoms with E-state index in [-0.39, 0.29) is 58.6 Å². The van der Waals surface area contributed by atoms with Gasteiger partial charge >= 0.3 is 0 Å². The fourth-order valence-electron chi connectivity index (χ4n) is 5.05. The monoisotopic (exact) mass is 716 g/mol. The van der Waals surface area contributed by atoms with Crippen molar-refractivity contribution in [2.45, 2.75) is 89.4 Å².